The van der Waals surface area contributed by atoms with E-state index in [-0.39, 0.29) is 22.9 Å². The maximum Gasteiger partial charge on any atom is 0.359 e. The number of amides is 2. The molecular weight excluding hydrogens is 593 g/mol. The van der Waals surface area contributed by atoms with Crippen LogP contribution in [0.25, 0.3) is 16.6 Å². The Morgan fingerprint density at radius 1 is 1.02 bits per heavy atom. The molecule has 13 heteroatoms. The van der Waals surface area contributed by atoms with Gasteiger partial charge in [-0.2, -0.15) is 10.6 Å². The van der Waals surface area contributed by atoms with E-state index in [2.05, 4.69) is 20.5 Å². The molecule has 2 aliphatic heterocycles. The number of allylic oxidation sites excluding steroid dienone is 1. The van der Waals surface area contributed by atoms with E-state index in [0.29, 0.717) is 60.3 Å². The molecule has 0 bridgehead atoms. The maximum absolute atomic E-state index is 14.1. The fourth-order valence-electron chi connectivity index (χ4n) is 5.69. The number of para-hydroxylation sites is 1. The van der Waals surface area contributed by atoms with Crippen LogP contribution in [0.2, 0.25) is 0 Å². The number of nitrogens with zero attached hydrogens (tertiary/aromatic N) is 4. The van der Waals surface area contributed by atoms with Gasteiger partial charge in [0.1, 0.15) is 17.8 Å². The molecular formula is C33H30FN7O5. The lowest BCUT2D eigenvalue weighted by atomic mass is 10.1. The van der Waals surface area contributed by atoms with Crippen LogP contribution in [0, 0.1) is 12.7 Å². The van der Waals surface area contributed by atoms with E-state index in [4.69, 9.17) is 20.0 Å². The Labute approximate surface area is 262 Å². The van der Waals surface area contributed by atoms with Crippen LogP contribution in [-0.2, 0) is 9.57 Å². The Kier molecular flexibility index (Phi) is 7.29. The number of urea groups is 1. The Morgan fingerprint density at radius 3 is 2.59 bits per heavy atom. The number of morpholine rings is 1. The van der Waals surface area contributed by atoms with Crippen LogP contribution in [0.4, 0.5) is 26.4 Å². The molecule has 0 radical (unpaired) electrons. The number of ketones is 1. The molecule has 0 unspecified atom stereocenters. The molecule has 12 nitrogen and oxygen atoms in total. The van der Waals surface area contributed by atoms with Crippen molar-refractivity contribution >= 4 is 39.9 Å². The first-order valence-corrected chi connectivity index (χ1v) is 14.6. The molecule has 1 fully saturated rings. The van der Waals surface area contributed by atoms with Crippen LogP contribution in [-0.4, -0.2) is 52.9 Å². The third kappa shape index (κ3) is 5.16. The number of nitrogen functional groups attached to an aromatic ring is 1. The number of aryl methyl sites for hydroxylation is 1. The molecule has 2 aromatic heterocycles. The molecule has 4 N–H and O–H groups in total. The molecule has 5 aromatic rings. The number of hydrogen-bond donors (Lipinski definition) is 3. The highest BCUT2D eigenvalue weighted by Crippen LogP contribution is 2.38. The number of rotatable bonds is 7. The summed E-state index contributed by atoms with van der Waals surface area (Å²) in [4.78, 5) is 38.6. The maximum atomic E-state index is 14.1. The van der Waals surface area contributed by atoms with Gasteiger partial charge in [0.05, 0.1) is 53.4 Å². The normalized spacial score (nSPS) is 15.0. The Hall–Kier alpha value is -5.82. The van der Waals surface area contributed by atoms with Gasteiger partial charge in [-0.1, -0.05) is 12.1 Å². The topological polar surface area (TPSA) is 140 Å². The lowest BCUT2D eigenvalue weighted by Gasteiger charge is -2.34. The van der Waals surface area contributed by atoms with Gasteiger partial charge in [-0.25, -0.2) is 13.9 Å². The summed E-state index contributed by atoms with van der Waals surface area (Å²) in [6, 6.07) is 16.5. The van der Waals surface area contributed by atoms with Crippen molar-refractivity contribution in [2.24, 2.45) is 0 Å². The number of hydrogen-bond acceptors (Lipinski definition) is 8. The number of aromatic nitrogens is 3. The van der Waals surface area contributed by atoms with E-state index in [1.165, 1.54) is 28.1 Å². The number of nitrogens with one attached hydrogen (secondary N) is 2. The van der Waals surface area contributed by atoms with Crippen LogP contribution in [0.15, 0.2) is 78.8 Å². The number of carbonyl (C=O) groups excluding carboxylic acids is 2. The molecule has 2 amide bonds. The first-order valence-electron chi connectivity index (χ1n) is 14.6. The lowest BCUT2D eigenvalue weighted by molar-refractivity contribution is 0.103. The first kappa shape index (κ1) is 28.9. The third-order valence-corrected chi connectivity index (χ3v) is 8.00. The molecule has 7 rings (SSSR count). The lowest BCUT2D eigenvalue weighted by Crippen LogP contribution is -2.43. The predicted molar refractivity (Wildman–Crippen MR) is 170 cm³/mol. The molecule has 46 heavy (non-hydrogen) atoms. The van der Waals surface area contributed by atoms with E-state index in [9.17, 15) is 14.0 Å². The monoisotopic (exact) mass is 623 g/mol. The number of fused-ring (bicyclic) bond motifs is 1. The highest BCUT2D eigenvalue weighted by Gasteiger charge is 2.28. The number of hydroxylamine groups is 1. The number of aromatic amines is 1. The number of ether oxygens (including phenoxy) is 2. The van der Waals surface area contributed by atoms with Crippen molar-refractivity contribution in [2.45, 2.75) is 13.8 Å². The SMILES string of the molecule is CC1=CONC(=O)N1c1cc2[nH]c(C(=O)c3cnn(-c4ccc(Oc5ccccc5F)cc4C)c3N)cc2cc1N1CCOCC1. The van der Waals surface area contributed by atoms with E-state index < -0.39 is 11.8 Å². The molecule has 1 saturated heterocycles. The highest BCUT2D eigenvalue weighted by atomic mass is 19.1. The molecule has 0 saturated carbocycles. The Morgan fingerprint density at radius 2 is 1.83 bits per heavy atom. The fraction of sp³-hybridized carbons (Fsp3) is 0.182. The minimum Gasteiger partial charge on any atom is -0.454 e. The minimum atomic E-state index is -0.465. The largest absolute Gasteiger partial charge is 0.454 e. The molecule has 3 aromatic carbocycles. The van der Waals surface area contributed by atoms with Crippen LogP contribution < -0.4 is 25.8 Å². The zero-order valence-electron chi connectivity index (χ0n) is 25.0. The van der Waals surface area contributed by atoms with Crippen molar-refractivity contribution in [1.29, 1.82) is 0 Å². The third-order valence-electron chi connectivity index (χ3n) is 8.00. The summed E-state index contributed by atoms with van der Waals surface area (Å²) in [7, 11) is 0. The van der Waals surface area contributed by atoms with E-state index >= 15 is 0 Å². The van der Waals surface area contributed by atoms with Gasteiger partial charge in [0.15, 0.2) is 11.6 Å². The Balaban J connectivity index is 1.21. The van der Waals surface area contributed by atoms with E-state index in [0.717, 1.165) is 16.6 Å². The highest BCUT2D eigenvalue weighted by molar-refractivity contribution is 6.13. The minimum absolute atomic E-state index is 0.114. The van der Waals surface area contributed by atoms with Crippen molar-refractivity contribution in [3.63, 3.8) is 0 Å². The zero-order chi connectivity index (χ0) is 31.9. The predicted octanol–water partition coefficient (Wildman–Crippen LogP) is 5.57. The van der Waals surface area contributed by atoms with Crippen LogP contribution in [0.5, 0.6) is 11.5 Å². The average Bonchev–Trinajstić information content (AvgIpc) is 3.65. The van der Waals surface area contributed by atoms with Gasteiger partial charge >= 0.3 is 6.03 Å². The molecule has 0 aliphatic carbocycles. The van der Waals surface area contributed by atoms with Gasteiger partial charge in [0.25, 0.3) is 0 Å². The number of benzene rings is 3. The Bertz CT molecular complexity index is 2030. The van der Waals surface area contributed by atoms with Gasteiger partial charge < -0.3 is 29.9 Å². The van der Waals surface area contributed by atoms with Gasteiger partial charge in [0.2, 0.25) is 5.78 Å². The van der Waals surface area contributed by atoms with Crippen LogP contribution in [0.1, 0.15) is 28.5 Å². The summed E-state index contributed by atoms with van der Waals surface area (Å²) in [5, 5.41) is 5.20. The van der Waals surface area contributed by atoms with Gasteiger partial charge in [-0.15, -0.1) is 0 Å². The summed E-state index contributed by atoms with van der Waals surface area (Å²) in [6.45, 7) is 6.04. The standard InChI is InChI=1S/C33H30FN7O5/c1-19-13-22(46-30-6-4-3-5-24(30)34)7-8-27(19)41-32(35)23(17-36-41)31(42)26-14-21-15-28(39-9-11-44-12-10-39)29(16-25(21)37-26)40-20(2)18-45-38-33(40)43/h3-8,13-18,37H,9-12,35H2,1-2H3,(H,38,43). The summed E-state index contributed by atoms with van der Waals surface area (Å²) >= 11 is 0. The van der Waals surface area contributed by atoms with Crippen molar-refractivity contribution in [1.82, 2.24) is 20.2 Å². The summed E-state index contributed by atoms with van der Waals surface area (Å²) in [5.74, 6) is -0.0829. The van der Waals surface area contributed by atoms with Crippen molar-refractivity contribution in [2.75, 3.05) is 41.8 Å². The summed E-state index contributed by atoms with van der Waals surface area (Å²) < 4.78 is 26.8. The van der Waals surface area contributed by atoms with Crippen molar-refractivity contribution < 1.29 is 28.3 Å². The number of nitrogens with two attached hydrogens (primary N) is 1. The van der Waals surface area contributed by atoms with Gasteiger partial charge in [-0.3, -0.25) is 9.69 Å². The van der Waals surface area contributed by atoms with Crippen molar-refractivity contribution in [3.8, 4) is 17.2 Å². The summed E-state index contributed by atoms with van der Waals surface area (Å²) in [6.07, 6.45) is 2.90. The molecule has 0 spiro atoms. The first-order chi connectivity index (χ1) is 22.3. The smallest absolute Gasteiger partial charge is 0.359 e. The second-order valence-corrected chi connectivity index (χ2v) is 11.0. The van der Waals surface area contributed by atoms with Crippen LogP contribution >= 0.6 is 0 Å². The fourth-order valence-corrected chi connectivity index (χ4v) is 5.69. The quantitative estimate of drug-likeness (QED) is 0.200. The van der Waals surface area contributed by atoms with Crippen LogP contribution in [0.3, 0.4) is 0 Å². The molecule has 4 heterocycles. The molecule has 2 aliphatic rings. The number of H-pyrrole nitrogens is 1. The summed E-state index contributed by atoms with van der Waals surface area (Å²) in [5.41, 5.74) is 13.5. The number of halogens is 1. The van der Waals surface area contributed by atoms with E-state index in [1.807, 2.05) is 19.1 Å². The second-order valence-electron chi connectivity index (χ2n) is 11.0. The van der Waals surface area contributed by atoms with Crippen molar-refractivity contribution in [3.05, 3.63) is 101 Å². The molecule has 0 atom stereocenters. The number of anilines is 3. The zero-order valence-corrected chi connectivity index (χ0v) is 25.0. The average molecular weight is 624 g/mol. The van der Waals surface area contributed by atoms with E-state index in [1.54, 1.807) is 49.4 Å². The van der Waals surface area contributed by atoms with Gasteiger partial charge in [0, 0.05) is 24.0 Å². The second kappa shape index (κ2) is 11.6. The molecule has 234 valence electrons. The number of carbonyl (C=O) groups is 2. The van der Waals surface area contributed by atoms with Gasteiger partial charge in [-0.05, 0) is 67.9 Å².